The Hall–Kier alpha value is -0.470. The van der Waals surface area contributed by atoms with Crippen molar-refractivity contribution in [1.82, 2.24) is 0 Å². The minimum absolute atomic E-state index is 0.576. The zero-order valence-corrected chi connectivity index (χ0v) is 8.95. The molecule has 12 heavy (non-hydrogen) atoms. The molecule has 0 aliphatic carbocycles. The van der Waals surface area contributed by atoms with Crippen molar-refractivity contribution in [3.05, 3.63) is 39.8 Å². The van der Waals surface area contributed by atoms with Gasteiger partial charge in [-0.1, -0.05) is 34.1 Å². The van der Waals surface area contributed by atoms with Crippen LogP contribution in [0, 0.1) is 0 Å². The fourth-order valence-electron chi connectivity index (χ4n) is 0.826. The monoisotopic (exact) mass is 246 g/mol. The lowest BCUT2D eigenvalue weighted by Gasteiger charge is -2.06. The van der Waals surface area contributed by atoms with Crippen molar-refractivity contribution in [2.45, 2.75) is 0 Å². The van der Waals surface area contributed by atoms with Crippen LogP contribution in [-0.4, -0.2) is 7.11 Å². The lowest BCUT2D eigenvalue weighted by Crippen LogP contribution is -1.86. The number of hydrogen-bond acceptors (Lipinski definition) is 1. The van der Waals surface area contributed by atoms with Crippen LogP contribution in [0.1, 0.15) is 5.56 Å². The maximum absolute atomic E-state index is 5.93. The van der Waals surface area contributed by atoms with Crippen LogP contribution in [0.25, 0.3) is 5.76 Å². The van der Waals surface area contributed by atoms with Crippen molar-refractivity contribution < 1.29 is 4.74 Å². The molecule has 3 heteroatoms. The summed E-state index contributed by atoms with van der Waals surface area (Å²) in [4.78, 5) is 0. The van der Waals surface area contributed by atoms with Crippen LogP contribution in [0.15, 0.2) is 29.3 Å². The summed E-state index contributed by atoms with van der Waals surface area (Å²) in [5.41, 5.74) is 0.822. The average molecular weight is 248 g/mol. The summed E-state index contributed by atoms with van der Waals surface area (Å²) in [6, 6.07) is 5.56. The molecule has 0 amide bonds. The van der Waals surface area contributed by atoms with Gasteiger partial charge in [-0.15, -0.1) is 0 Å². The molecule has 0 fully saturated rings. The quantitative estimate of drug-likeness (QED) is 0.724. The lowest BCUT2D eigenvalue weighted by atomic mass is 10.2. The third kappa shape index (κ3) is 2.02. The summed E-state index contributed by atoms with van der Waals surface area (Å²) in [6.07, 6.45) is 0. The number of halogens is 2. The van der Waals surface area contributed by atoms with Crippen LogP contribution >= 0.6 is 27.5 Å². The average Bonchev–Trinajstić information content (AvgIpc) is 2.03. The molecule has 0 bridgehead atoms. The number of rotatable bonds is 2. The molecule has 0 radical (unpaired) electrons. The van der Waals surface area contributed by atoms with Gasteiger partial charge >= 0.3 is 0 Å². The van der Waals surface area contributed by atoms with Gasteiger partial charge in [0.25, 0.3) is 0 Å². The van der Waals surface area contributed by atoms with E-state index in [4.69, 9.17) is 16.3 Å². The molecule has 0 saturated heterocycles. The maximum atomic E-state index is 5.93. The second kappa shape index (κ2) is 3.97. The predicted octanol–water partition coefficient (Wildman–Crippen LogP) is 3.72. The summed E-state index contributed by atoms with van der Waals surface area (Å²) in [6.45, 7) is 3.71. The van der Waals surface area contributed by atoms with E-state index < -0.39 is 0 Å². The minimum Gasteiger partial charge on any atom is -0.497 e. The fraction of sp³-hybridized carbons (Fsp3) is 0.111. The Balaban J connectivity index is 3.09. The van der Waals surface area contributed by atoms with E-state index in [1.807, 2.05) is 12.1 Å². The molecule has 1 aromatic rings. The SMILES string of the molecule is C=C(OC)c1ccc(Br)cc1Cl. The van der Waals surface area contributed by atoms with Crippen molar-refractivity contribution in [3.8, 4) is 0 Å². The van der Waals surface area contributed by atoms with E-state index in [0.717, 1.165) is 10.0 Å². The molecule has 0 aromatic heterocycles. The van der Waals surface area contributed by atoms with Crippen LogP contribution in [0.5, 0.6) is 0 Å². The Labute approximate surface area is 85.1 Å². The minimum atomic E-state index is 0.576. The maximum Gasteiger partial charge on any atom is 0.120 e. The first-order valence-corrected chi connectivity index (χ1v) is 4.50. The van der Waals surface area contributed by atoms with E-state index in [1.54, 1.807) is 13.2 Å². The van der Waals surface area contributed by atoms with Gasteiger partial charge in [0.1, 0.15) is 5.76 Å². The van der Waals surface area contributed by atoms with Crippen LogP contribution in [0.4, 0.5) is 0 Å². The van der Waals surface area contributed by atoms with Gasteiger partial charge < -0.3 is 4.74 Å². The molecule has 0 aliphatic rings. The molecule has 0 aliphatic heterocycles. The Morgan fingerprint density at radius 2 is 2.25 bits per heavy atom. The van der Waals surface area contributed by atoms with E-state index in [9.17, 15) is 0 Å². The molecule has 0 N–H and O–H groups in total. The lowest BCUT2D eigenvalue weighted by molar-refractivity contribution is 0.371. The number of benzene rings is 1. The molecular weight excluding hydrogens is 239 g/mol. The molecule has 1 nitrogen and oxygen atoms in total. The first kappa shape index (κ1) is 9.62. The van der Waals surface area contributed by atoms with Gasteiger partial charge in [0.2, 0.25) is 0 Å². The predicted molar refractivity (Wildman–Crippen MR) is 55.2 cm³/mol. The highest BCUT2D eigenvalue weighted by atomic mass is 79.9. The molecule has 0 atom stereocenters. The number of hydrogen-bond donors (Lipinski definition) is 0. The van der Waals surface area contributed by atoms with Crippen molar-refractivity contribution in [2.24, 2.45) is 0 Å². The van der Waals surface area contributed by atoms with Crippen LogP contribution in [-0.2, 0) is 4.74 Å². The number of ether oxygens (including phenoxy) is 1. The van der Waals surface area contributed by atoms with Crippen LogP contribution < -0.4 is 0 Å². The fourth-order valence-corrected chi connectivity index (χ4v) is 1.60. The molecule has 1 aromatic carbocycles. The summed E-state index contributed by atoms with van der Waals surface area (Å²) >= 11 is 9.24. The molecule has 0 spiro atoms. The van der Waals surface area contributed by atoms with Gasteiger partial charge in [0.05, 0.1) is 12.1 Å². The zero-order valence-electron chi connectivity index (χ0n) is 6.60. The molecule has 1 rings (SSSR count). The summed E-state index contributed by atoms with van der Waals surface area (Å²) in [7, 11) is 1.57. The van der Waals surface area contributed by atoms with E-state index in [0.29, 0.717) is 10.8 Å². The van der Waals surface area contributed by atoms with E-state index in [2.05, 4.69) is 22.5 Å². The first-order chi connectivity index (χ1) is 5.65. The van der Waals surface area contributed by atoms with E-state index in [-0.39, 0.29) is 0 Å². The Morgan fingerprint density at radius 1 is 1.58 bits per heavy atom. The van der Waals surface area contributed by atoms with Crippen LogP contribution in [0.2, 0.25) is 5.02 Å². The van der Waals surface area contributed by atoms with Crippen molar-refractivity contribution >= 4 is 33.3 Å². The molecular formula is C9H8BrClO. The summed E-state index contributed by atoms with van der Waals surface area (Å²) in [5, 5.41) is 0.635. The Morgan fingerprint density at radius 3 is 2.75 bits per heavy atom. The highest BCUT2D eigenvalue weighted by Gasteiger charge is 2.03. The van der Waals surface area contributed by atoms with Gasteiger partial charge in [0, 0.05) is 10.0 Å². The Bertz CT molecular complexity index is 309. The summed E-state index contributed by atoms with van der Waals surface area (Å²) in [5.74, 6) is 0.576. The van der Waals surface area contributed by atoms with Gasteiger partial charge in [-0.2, -0.15) is 0 Å². The second-order valence-electron chi connectivity index (χ2n) is 2.25. The molecule has 64 valence electrons. The highest BCUT2D eigenvalue weighted by Crippen LogP contribution is 2.26. The van der Waals surface area contributed by atoms with Crippen LogP contribution in [0.3, 0.4) is 0 Å². The number of methoxy groups -OCH3 is 1. The highest BCUT2D eigenvalue weighted by molar-refractivity contribution is 9.10. The van der Waals surface area contributed by atoms with Crippen molar-refractivity contribution in [3.63, 3.8) is 0 Å². The van der Waals surface area contributed by atoms with Gasteiger partial charge in [0.15, 0.2) is 0 Å². The van der Waals surface area contributed by atoms with Crippen molar-refractivity contribution in [1.29, 1.82) is 0 Å². The first-order valence-electron chi connectivity index (χ1n) is 3.33. The topological polar surface area (TPSA) is 9.23 Å². The molecule has 0 heterocycles. The van der Waals surface area contributed by atoms with Gasteiger partial charge in [-0.05, 0) is 18.2 Å². The third-order valence-corrected chi connectivity index (χ3v) is 2.28. The standard InChI is InChI=1S/C9H8BrClO/c1-6(12-2)8-4-3-7(10)5-9(8)11/h3-5H,1H2,2H3. The van der Waals surface area contributed by atoms with Gasteiger partial charge in [-0.25, -0.2) is 0 Å². The van der Waals surface area contributed by atoms with E-state index in [1.165, 1.54) is 0 Å². The summed E-state index contributed by atoms with van der Waals surface area (Å²) < 4.78 is 5.91. The third-order valence-electron chi connectivity index (χ3n) is 1.48. The Kier molecular flexibility index (Phi) is 3.18. The zero-order chi connectivity index (χ0) is 9.14. The smallest absolute Gasteiger partial charge is 0.120 e. The normalized spacial score (nSPS) is 9.58. The van der Waals surface area contributed by atoms with E-state index >= 15 is 0 Å². The molecule has 0 saturated carbocycles. The molecule has 0 unspecified atom stereocenters. The second-order valence-corrected chi connectivity index (χ2v) is 3.57. The van der Waals surface area contributed by atoms with Gasteiger partial charge in [-0.3, -0.25) is 0 Å². The van der Waals surface area contributed by atoms with Crippen molar-refractivity contribution in [2.75, 3.05) is 7.11 Å². The largest absolute Gasteiger partial charge is 0.497 e.